The number of nitrogen functional groups attached to an aromatic ring is 1. The van der Waals surface area contributed by atoms with Crippen molar-refractivity contribution in [3.8, 4) is 0 Å². The maximum atomic E-state index is 11.1. The second kappa shape index (κ2) is 3.71. The number of carboxylic acids is 1. The quantitative estimate of drug-likeness (QED) is 0.387. The van der Waals surface area contributed by atoms with Crippen LogP contribution in [-0.4, -0.2) is 11.8 Å². The molecular weight excluding hydrogens is 170 g/mol. The molecule has 0 unspecified atom stereocenters. The van der Waals surface area contributed by atoms with Crippen molar-refractivity contribution in [2.24, 2.45) is 0 Å². The molecule has 1 aromatic carbocycles. The molecule has 1 aromatic rings. The van der Waals surface area contributed by atoms with E-state index in [-0.39, 0.29) is 0 Å². The zero-order valence-corrected chi connectivity index (χ0v) is 6.82. The normalized spacial score (nSPS) is 9.54. The highest BCUT2D eigenvalue weighted by molar-refractivity contribution is 6.05. The molecule has 0 aromatic heterocycles. The van der Waals surface area contributed by atoms with Crippen molar-refractivity contribution in [3.63, 3.8) is 0 Å². The van der Waals surface area contributed by atoms with Crippen LogP contribution in [0.2, 0.25) is 0 Å². The van der Waals surface area contributed by atoms with Crippen LogP contribution in [0.3, 0.4) is 0 Å². The number of carbonyl (C=O) groups excluding carboxylic acids is 2. The Morgan fingerprint density at radius 2 is 1.77 bits per heavy atom. The predicted octanol–water partition coefficient (Wildman–Crippen LogP) is -0.409. The molecule has 0 radical (unpaired) electrons. The molecule has 0 aliphatic rings. The zero-order chi connectivity index (χ0) is 9.84. The Morgan fingerprint density at radius 3 is 2.23 bits per heavy atom. The van der Waals surface area contributed by atoms with Gasteiger partial charge < -0.3 is 15.6 Å². The fraction of sp³-hybridized carbons (Fsp3) is 0.111. The predicted molar refractivity (Wildman–Crippen MR) is 44.8 cm³/mol. The number of hydrogen-bond donors (Lipinski definition) is 1. The average molecular weight is 178 g/mol. The summed E-state index contributed by atoms with van der Waals surface area (Å²) in [5, 5.41) is 10.1. The van der Waals surface area contributed by atoms with Gasteiger partial charge in [0.25, 0.3) is 0 Å². The molecule has 2 N–H and O–H groups in total. The van der Waals surface area contributed by atoms with E-state index in [1.807, 2.05) is 0 Å². The van der Waals surface area contributed by atoms with Crippen LogP contribution in [0, 0.1) is 0 Å². The van der Waals surface area contributed by atoms with Crippen LogP contribution in [0.5, 0.6) is 0 Å². The Kier molecular flexibility index (Phi) is 2.64. The average Bonchev–Trinajstić information content (AvgIpc) is 2.04. The van der Waals surface area contributed by atoms with Crippen LogP contribution in [0.15, 0.2) is 24.3 Å². The summed E-state index contributed by atoms with van der Waals surface area (Å²) in [5.74, 6) is -1.85. The number of benzene rings is 1. The van der Waals surface area contributed by atoms with E-state index in [2.05, 4.69) is 0 Å². The highest BCUT2D eigenvalue weighted by atomic mass is 16.4. The van der Waals surface area contributed by atoms with Crippen LogP contribution < -0.4 is 10.8 Å². The summed E-state index contributed by atoms with van der Waals surface area (Å²) >= 11 is 0. The minimum absolute atomic E-state index is 0.332. The summed E-state index contributed by atoms with van der Waals surface area (Å²) in [7, 11) is 0. The SMILES string of the molecule is Nc1ccc(C(=O)CC(=O)[O-])cc1. The molecule has 0 saturated carbocycles. The molecule has 0 aliphatic carbocycles. The van der Waals surface area contributed by atoms with Crippen LogP contribution in [0.4, 0.5) is 5.69 Å². The number of aliphatic carboxylic acids is 1. The van der Waals surface area contributed by atoms with Gasteiger partial charge in [-0.25, -0.2) is 0 Å². The van der Waals surface area contributed by atoms with E-state index in [1.165, 1.54) is 12.1 Å². The van der Waals surface area contributed by atoms with E-state index in [4.69, 9.17) is 5.73 Å². The molecule has 0 atom stereocenters. The van der Waals surface area contributed by atoms with Gasteiger partial charge in [-0.15, -0.1) is 0 Å². The summed E-state index contributed by atoms with van der Waals surface area (Å²) in [4.78, 5) is 21.2. The maximum absolute atomic E-state index is 11.1. The summed E-state index contributed by atoms with van der Waals surface area (Å²) in [6.07, 6.45) is -0.593. The Morgan fingerprint density at radius 1 is 1.23 bits per heavy atom. The Labute approximate surface area is 75.0 Å². The minimum Gasteiger partial charge on any atom is -0.550 e. The van der Waals surface area contributed by atoms with E-state index >= 15 is 0 Å². The molecule has 1 rings (SSSR count). The van der Waals surface area contributed by atoms with Gasteiger partial charge in [-0.1, -0.05) is 0 Å². The fourth-order valence-electron chi connectivity index (χ4n) is 0.902. The van der Waals surface area contributed by atoms with Crippen molar-refractivity contribution in [3.05, 3.63) is 29.8 Å². The number of anilines is 1. The number of rotatable bonds is 3. The van der Waals surface area contributed by atoms with Crippen molar-refractivity contribution in [1.82, 2.24) is 0 Å². The second-order valence-corrected chi connectivity index (χ2v) is 2.59. The van der Waals surface area contributed by atoms with E-state index < -0.39 is 18.2 Å². The molecule has 0 aliphatic heterocycles. The van der Waals surface area contributed by atoms with E-state index in [9.17, 15) is 14.7 Å². The second-order valence-electron chi connectivity index (χ2n) is 2.59. The number of carbonyl (C=O) groups is 2. The fourth-order valence-corrected chi connectivity index (χ4v) is 0.902. The van der Waals surface area contributed by atoms with Gasteiger partial charge in [0.15, 0.2) is 5.78 Å². The minimum atomic E-state index is -1.37. The summed E-state index contributed by atoms with van der Waals surface area (Å²) < 4.78 is 0. The van der Waals surface area contributed by atoms with Crippen molar-refractivity contribution in [2.75, 3.05) is 5.73 Å². The van der Waals surface area contributed by atoms with Gasteiger partial charge >= 0.3 is 0 Å². The van der Waals surface area contributed by atoms with Crippen LogP contribution in [0.25, 0.3) is 0 Å². The molecule has 0 spiro atoms. The van der Waals surface area contributed by atoms with Gasteiger partial charge in [0.05, 0.1) is 6.42 Å². The molecule has 0 saturated heterocycles. The van der Waals surface area contributed by atoms with Gasteiger partial charge in [0, 0.05) is 17.2 Å². The van der Waals surface area contributed by atoms with Gasteiger partial charge in [0.2, 0.25) is 0 Å². The third kappa shape index (κ3) is 2.59. The summed E-state index contributed by atoms with van der Waals surface area (Å²) in [6, 6.07) is 6.06. The van der Waals surface area contributed by atoms with Crippen molar-refractivity contribution < 1.29 is 14.7 Å². The largest absolute Gasteiger partial charge is 0.550 e. The van der Waals surface area contributed by atoms with Crippen LogP contribution >= 0.6 is 0 Å². The van der Waals surface area contributed by atoms with Crippen molar-refractivity contribution >= 4 is 17.4 Å². The maximum Gasteiger partial charge on any atom is 0.168 e. The lowest BCUT2D eigenvalue weighted by molar-refractivity contribution is -0.304. The topological polar surface area (TPSA) is 83.2 Å². The molecular formula is C9H8NO3-. The monoisotopic (exact) mass is 178 g/mol. The van der Waals surface area contributed by atoms with Gasteiger partial charge in [0.1, 0.15) is 0 Å². The Bertz CT molecular complexity index is 329. The van der Waals surface area contributed by atoms with E-state index in [1.54, 1.807) is 12.1 Å². The molecule has 68 valence electrons. The molecule has 13 heavy (non-hydrogen) atoms. The third-order valence-electron chi connectivity index (χ3n) is 1.54. The molecule has 0 bridgehead atoms. The number of hydrogen-bond acceptors (Lipinski definition) is 4. The zero-order valence-electron chi connectivity index (χ0n) is 6.82. The highest BCUT2D eigenvalue weighted by Crippen LogP contribution is 2.07. The smallest absolute Gasteiger partial charge is 0.168 e. The first-order chi connectivity index (χ1) is 6.09. The lowest BCUT2D eigenvalue weighted by Gasteiger charge is -2.01. The van der Waals surface area contributed by atoms with E-state index in [0.717, 1.165) is 0 Å². The number of ketones is 1. The number of nitrogens with two attached hydrogens (primary N) is 1. The molecule has 4 nitrogen and oxygen atoms in total. The lowest BCUT2D eigenvalue weighted by atomic mass is 10.1. The highest BCUT2D eigenvalue weighted by Gasteiger charge is 2.04. The van der Waals surface area contributed by atoms with Crippen molar-refractivity contribution in [2.45, 2.75) is 6.42 Å². The van der Waals surface area contributed by atoms with Crippen molar-refractivity contribution in [1.29, 1.82) is 0 Å². The van der Waals surface area contributed by atoms with Crippen LogP contribution in [0.1, 0.15) is 16.8 Å². The van der Waals surface area contributed by atoms with Gasteiger partial charge in [-0.3, -0.25) is 4.79 Å². The van der Waals surface area contributed by atoms with E-state index in [0.29, 0.717) is 11.3 Å². The first kappa shape index (κ1) is 9.25. The van der Waals surface area contributed by atoms with Crippen LogP contribution in [-0.2, 0) is 4.79 Å². The lowest BCUT2D eigenvalue weighted by Crippen LogP contribution is -2.25. The number of Topliss-reactive ketones (excluding diaryl/α,β-unsaturated/α-hetero) is 1. The summed E-state index contributed by atoms with van der Waals surface area (Å²) in [5.41, 5.74) is 6.25. The molecule has 4 heteroatoms. The molecule has 0 heterocycles. The Hall–Kier alpha value is -1.84. The summed E-state index contributed by atoms with van der Waals surface area (Å²) in [6.45, 7) is 0. The standard InChI is InChI=1S/C9H9NO3/c10-7-3-1-6(2-4-7)8(11)5-9(12)13/h1-4H,5,10H2,(H,12,13)/p-1. The first-order valence-corrected chi connectivity index (χ1v) is 3.68. The van der Waals surface area contributed by atoms with Gasteiger partial charge in [-0.05, 0) is 24.3 Å². The van der Waals surface area contributed by atoms with Gasteiger partial charge in [-0.2, -0.15) is 0 Å². The molecule has 0 amide bonds. The first-order valence-electron chi connectivity index (χ1n) is 3.68. The molecule has 0 fully saturated rings. The number of carboxylic acid groups (broad SMARTS) is 1. The third-order valence-corrected chi connectivity index (χ3v) is 1.54. The Balaban J connectivity index is 2.78.